The monoisotopic (exact) mass is 267 g/mol. The van der Waals surface area contributed by atoms with Crippen molar-refractivity contribution in [2.75, 3.05) is 5.32 Å². The lowest BCUT2D eigenvalue weighted by atomic mass is 10.1. The highest BCUT2D eigenvalue weighted by Crippen LogP contribution is 2.22. The topological polar surface area (TPSA) is 55.6 Å². The Morgan fingerprint density at radius 3 is 2.80 bits per heavy atom. The standard InChI is InChI=1S/C15H17N5/c1-10-5-4-6-13-14(10)17-9-18-15(13)16-7-12-8-19-20(3)11(12)2/h4-6,8-9H,7H2,1-3H3,(H,16,17,18). The lowest BCUT2D eigenvalue weighted by molar-refractivity contribution is 0.738. The Labute approximate surface area is 117 Å². The van der Waals surface area contributed by atoms with Crippen LogP contribution in [0, 0.1) is 13.8 Å². The third kappa shape index (κ3) is 2.11. The average molecular weight is 267 g/mol. The van der Waals surface area contributed by atoms with Crippen molar-refractivity contribution in [1.82, 2.24) is 19.7 Å². The Kier molecular flexibility index (Phi) is 3.10. The molecule has 20 heavy (non-hydrogen) atoms. The molecule has 0 saturated heterocycles. The van der Waals surface area contributed by atoms with Gasteiger partial charge in [-0.1, -0.05) is 12.1 Å². The predicted molar refractivity (Wildman–Crippen MR) is 79.5 cm³/mol. The molecule has 0 spiro atoms. The first-order valence-electron chi connectivity index (χ1n) is 6.58. The molecule has 0 fully saturated rings. The van der Waals surface area contributed by atoms with E-state index in [2.05, 4.69) is 40.3 Å². The van der Waals surface area contributed by atoms with Crippen molar-refractivity contribution in [2.24, 2.45) is 7.05 Å². The Bertz CT molecular complexity index is 760. The van der Waals surface area contributed by atoms with Gasteiger partial charge in [-0.15, -0.1) is 0 Å². The number of rotatable bonds is 3. The maximum absolute atomic E-state index is 4.35. The van der Waals surface area contributed by atoms with E-state index in [0.717, 1.165) is 28.0 Å². The van der Waals surface area contributed by atoms with Crippen molar-refractivity contribution >= 4 is 16.7 Å². The van der Waals surface area contributed by atoms with Crippen LogP contribution in [0.5, 0.6) is 0 Å². The van der Waals surface area contributed by atoms with E-state index in [1.807, 2.05) is 30.1 Å². The fourth-order valence-corrected chi connectivity index (χ4v) is 2.27. The van der Waals surface area contributed by atoms with E-state index < -0.39 is 0 Å². The Morgan fingerprint density at radius 1 is 1.20 bits per heavy atom. The second-order valence-corrected chi connectivity index (χ2v) is 4.93. The van der Waals surface area contributed by atoms with Crippen LogP contribution in [0.3, 0.4) is 0 Å². The first-order chi connectivity index (χ1) is 9.66. The third-order valence-corrected chi connectivity index (χ3v) is 3.65. The fourth-order valence-electron chi connectivity index (χ4n) is 2.27. The molecule has 102 valence electrons. The Balaban J connectivity index is 1.92. The number of aryl methyl sites for hydroxylation is 2. The summed E-state index contributed by atoms with van der Waals surface area (Å²) in [4.78, 5) is 8.70. The van der Waals surface area contributed by atoms with Crippen LogP contribution in [-0.2, 0) is 13.6 Å². The largest absolute Gasteiger partial charge is 0.365 e. The molecule has 3 rings (SSSR count). The molecule has 2 aromatic heterocycles. The smallest absolute Gasteiger partial charge is 0.137 e. The second kappa shape index (κ2) is 4.92. The SMILES string of the molecule is Cc1cccc2c(NCc3cnn(C)c3C)ncnc12. The normalized spacial score (nSPS) is 10.9. The van der Waals surface area contributed by atoms with Gasteiger partial charge < -0.3 is 5.32 Å². The molecule has 1 aromatic carbocycles. The summed E-state index contributed by atoms with van der Waals surface area (Å²) in [5.41, 5.74) is 4.48. The number of hydrogen-bond acceptors (Lipinski definition) is 4. The third-order valence-electron chi connectivity index (χ3n) is 3.65. The minimum absolute atomic E-state index is 0.708. The van der Waals surface area contributed by atoms with Gasteiger partial charge >= 0.3 is 0 Å². The van der Waals surface area contributed by atoms with E-state index in [1.54, 1.807) is 6.33 Å². The summed E-state index contributed by atoms with van der Waals surface area (Å²) in [6.45, 7) is 4.83. The molecule has 3 aromatic rings. The highest BCUT2D eigenvalue weighted by atomic mass is 15.3. The minimum atomic E-state index is 0.708. The number of aromatic nitrogens is 4. The van der Waals surface area contributed by atoms with Crippen molar-refractivity contribution in [1.29, 1.82) is 0 Å². The molecule has 0 radical (unpaired) electrons. The number of nitrogens with zero attached hydrogens (tertiary/aromatic N) is 4. The van der Waals surface area contributed by atoms with Crippen LogP contribution < -0.4 is 5.32 Å². The maximum Gasteiger partial charge on any atom is 0.137 e. The number of fused-ring (bicyclic) bond motifs is 1. The predicted octanol–water partition coefficient (Wildman–Crippen LogP) is 2.59. The zero-order valence-corrected chi connectivity index (χ0v) is 11.9. The molecule has 0 bridgehead atoms. The van der Waals surface area contributed by atoms with Crippen molar-refractivity contribution in [3.05, 3.63) is 47.5 Å². The molecular formula is C15H17N5. The van der Waals surface area contributed by atoms with Crippen molar-refractivity contribution < 1.29 is 0 Å². The zero-order chi connectivity index (χ0) is 14.1. The number of benzene rings is 1. The Hall–Kier alpha value is -2.43. The van der Waals surface area contributed by atoms with Crippen molar-refractivity contribution in [2.45, 2.75) is 20.4 Å². The minimum Gasteiger partial charge on any atom is -0.365 e. The van der Waals surface area contributed by atoms with Gasteiger partial charge in [-0.3, -0.25) is 4.68 Å². The highest BCUT2D eigenvalue weighted by Gasteiger charge is 2.07. The van der Waals surface area contributed by atoms with E-state index in [1.165, 1.54) is 5.56 Å². The summed E-state index contributed by atoms with van der Waals surface area (Å²) in [6, 6.07) is 6.13. The summed E-state index contributed by atoms with van der Waals surface area (Å²) in [5, 5.41) is 8.68. The zero-order valence-electron chi connectivity index (χ0n) is 11.9. The van der Waals surface area contributed by atoms with Crippen LogP contribution in [0.1, 0.15) is 16.8 Å². The van der Waals surface area contributed by atoms with Crippen LogP contribution in [0.25, 0.3) is 10.9 Å². The lowest BCUT2D eigenvalue weighted by Gasteiger charge is -2.09. The molecule has 1 N–H and O–H groups in total. The summed E-state index contributed by atoms with van der Waals surface area (Å²) in [7, 11) is 1.95. The summed E-state index contributed by atoms with van der Waals surface area (Å²) in [6.07, 6.45) is 3.49. The number of para-hydroxylation sites is 1. The first-order valence-corrected chi connectivity index (χ1v) is 6.58. The Morgan fingerprint density at radius 2 is 2.05 bits per heavy atom. The lowest BCUT2D eigenvalue weighted by Crippen LogP contribution is -2.04. The first kappa shape index (κ1) is 12.6. The average Bonchev–Trinajstić information content (AvgIpc) is 2.77. The molecular weight excluding hydrogens is 250 g/mol. The van der Waals surface area contributed by atoms with Gasteiger partial charge in [0.25, 0.3) is 0 Å². The van der Waals surface area contributed by atoms with Gasteiger partial charge in [0.1, 0.15) is 12.1 Å². The van der Waals surface area contributed by atoms with Crippen LogP contribution in [0.15, 0.2) is 30.7 Å². The molecule has 0 unspecified atom stereocenters. The summed E-state index contributed by atoms with van der Waals surface area (Å²) in [5.74, 6) is 0.863. The maximum atomic E-state index is 4.35. The van der Waals surface area contributed by atoms with Crippen molar-refractivity contribution in [3.8, 4) is 0 Å². The van der Waals surface area contributed by atoms with Crippen LogP contribution >= 0.6 is 0 Å². The quantitative estimate of drug-likeness (QED) is 0.792. The van der Waals surface area contributed by atoms with Crippen LogP contribution in [0.4, 0.5) is 5.82 Å². The molecule has 0 aliphatic carbocycles. The van der Waals surface area contributed by atoms with E-state index in [9.17, 15) is 0 Å². The number of nitrogens with one attached hydrogen (secondary N) is 1. The van der Waals surface area contributed by atoms with Gasteiger partial charge in [0, 0.05) is 30.2 Å². The molecule has 2 heterocycles. The second-order valence-electron chi connectivity index (χ2n) is 4.93. The van der Waals surface area contributed by atoms with E-state index in [-0.39, 0.29) is 0 Å². The van der Waals surface area contributed by atoms with E-state index in [4.69, 9.17) is 0 Å². The number of anilines is 1. The van der Waals surface area contributed by atoms with Gasteiger partial charge in [0.15, 0.2) is 0 Å². The van der Waals surface area contributed by atoms with Gasteiger partial charge in [-0.05, 0) is 25.5 Å². The molecule has 0 saturated carbocycles. The van der Waals surface area contributed by atoms with Gasteiger partial charge in [-0.25, -0.2) is 9.97 Å². The van der Waals surface area contributed by atoms with E-state index >= 15 is 0 Å². The molecule has 0 aliphatic rings. The van der Waals surface area contributed by atoms with Gasteiger partial charge in [0.2, 0.25) is 0 Å². The summed E-state index contributed by atoms with van der Waals surface area (Å²) >= 11 is 0. The molecule has 0 aliphatic heterocycles. The van der Waals surface area contributed by atoms with E-state index in [0.29, 0.717) is 6.54 Å². The van der Waals surface area contributed by atoms with Crippen LogP contribution in [-0.4, -0.2) is 19.7 Å². The fraction of sp³-hybridized carbons (Fsp3) is 0.267. The molecule has 5 nitrogen and oxygen atoms in total. The summed E-state index contributed by atoms with van der Waals surface area (Å²) < 4.78 is 1.87. The molecule has 5 heteroatoms. The van der Waals surface area contributed by atoms with Crippen molar-refractivity contribution in [3.63, 3.8) is 0 Å². The van der Waals surface area contributed by atoms with Gasteiger partial charge in [0.05, 0.1) is 11.7 Å². The molecule has 0 atom stereocenters. The number of hydrogen-bond donors (Lipinski definition) is 1. The van der Waals surface area contributed by atoms with Crippen LogP contribution in [0.2, 0.25) is 0 Å². The molecule has 0 amide bonds. The van der Waals surface area contributed by atoms with Gasteiger partial charge in [-0.2, -0.15) is 5.10 Å². The highest BCUT2D eigenvalue weighted by molar-refractivity contribution is 5.90.